The number of nitrogens with one attached hydrogen (secondary N) is 3. The predicted octanol–water partition coefficient (Wildman–Crippen LogP) is 0.746. The SMILES string of the molecule is CCNC(=NCC1CCN(C2CC2)C1)N1CCC(C2(C)NC(=O)NC2=O)CC1. The minimum absolute atomic E-state index is 0.153. The number of nitrogens with zero attached hydrogens (tertiary/aromatic N) is 3. The highest BCUT2D eigenvalue weighted by molar-refractivity contribution is 6.07. The van der Waals surface area contributed by atoms with Crippen LogP contribution in [-0.2, 0) is 4.79 Å². The van der Waals surface area contributed by atoms with Gasteiger partial charge in [-0.1, -0.05) is 0 Å². The second kappa shape index (κ2) is 7.89. The van der Waals surface area contributed by atoms with E-state index in [2.05, 4.69) is 32.7 Å². The van der Waals surface area contributed by atoms with E-state index in [1.54, 1.807) is 0 Å². The molecule has 4 rings (SSSR count). The highest BCUT2D eigenvalue weighted by atomic mass is 16.2. The molecule has 1 aliphatic carbocycles. The van der Waals surface area contributed by atoms with Gasteiger partial charge in [0.15, 0.2) is 5.96 Å². The van der Waals surface area contributed by atoms with Gasteiger partial charge in [-0.2, -0.15) is 0 Å². The summed E-state index contributed by atoms with van der Waals surface area (Å²) in [4.78, 5) is 33.7. The first kappa shape index (κ1) is 19.5. The van der Waals surface area contributed by atoms with Gasteiger partial charge in [0, 0.05) is 38.8 Å². The maximum absolute atomic E-state index is 12.2. The lowest BCUT2D eigenvalue weighted by atomic mass is 9.79. The lowest BCUT2D eigenvalue weighted by molar-refractivity contribution is -0.125. The molecule has 0 bridgehead atoms. The second-order valence-electron chi connectivity index (χ2n) is 8.95. The van der Waals surface area contributed by atoms with E-state index in [1.165, 1.54) is 32.4 Å². The largest absolute Gasteiger partial charge is 0.357 e. The molecule has 8 nitrogen and oxygen atoms in total. The van der Waals surface area contributed by atoms with Crippen molar-refractivity contribution in [1.82, 2.24) is 25.8 Å². The zero-order chi connectivity index (χ0) is 19.7. The number of guanidine groups is 1. The normalized spacial score (nSPS) is 32.6. The van der Waals surface area contributed by atoms with Crippen LogP contribution in [-0.4, -0.2) is 78.5 Å². The minimum Gasteiger partial charge on any atom is -0.357 e. The monoisotopic (exact) mass is 390 g/mol. The van der Waals surface area contributed by atoms with Crippen LogP contribution in [0.3, 0.4) is 0 Å². The molecule has 3 N–H and O–H groups in total. The Bertz CT molecular complexity index is 641. The van der Waals surface area contributed by atoms with Crippen molar-refractivity contribution in [2.45, 2.75) is 57.5 Å². The van der Waals surface area contributed by atoms with E-state index in [0.717, 1.165) is 51.0 Å². The van der Waals surface area contributed by atoms with Gasteiger partial charge in [-0.25, -0.2) is 4.79 Å². The van der Waals surface area contributed by atoms with Crippen molar-refractivity contribution in [1.29, 1.82) is 0 Å². The molecule has 0 aromatic heterocycles. The molecule has 1 saturated carbocycles. The molecule has 2 unspecified atom stereocenters. The van der Waals surface area contributed by atoms with Gasteiger partial charge >= 0.3 is 6.03 Å². The number of carbonyl (C=O) groups is 2. The first-order valence-electron chi connectivity index (χ1n) is 10.9. The Kier molecular flexibility index (Phi) is 5.49. The summed E-state index contributed by atoms with van der Waals surface area (Å²) >= 11 is 0. The van der Waals surface area contributed by atoms with Crippen LogP contribution in [0.15, 0.2) is 4.99 Å². The fraction of sp³-hybridized carbons (Fsp3) is 0.850. The Morgan fingerprint density at radius 1 is 1.18 bits per heavy atom. The van der Waals surface area contributed by atoms with E-state index >= 15 is 0 Å². The summed E-state index contributed by atoms with van der Waals surface area (Å²) in [6.07, 6.45) is 5.76. The highest BCUT2D eigenvalue weighted by Crippen LogP contribution is 2.32. The number of rotatable bonds is 5. The average Bonchev–Trinajstić information content (AvgIpc) is 3.36. The molecule has 0 aromatic rings. The summed E-state index contributed by atoms with van der Waals surface area (Å²) in [5.41, 5.74) is -0.783. The maximum atomic E-state index is 12.2. The van der Waals surface area contributed by atoms with E-state index in [0.29, 0.717) is 5.92 Å². The van der Waals surface area contributed by atoms with Gasteiger partial charge in [-0.05, 0) is 64.3 Å². The summed E-state index contributed by atoms with van der Waals surface area (Å²) in [5, 5.41) is 8.66. The molecule has 0 aromatic carbocycles. The summed E-state index contributed by atoms with van der Waals surface area (Å²) in [6, 6.07) is 0.484. The van der Waals surface area contributed by atoms with E-state index in [-0.39, 0.29) is 17.9 Å². The first-order valence-corrected chi connectivity index (χ1v) is 10.9. The van der Waals surface area contributed by atoms with E-state index < -0.39 is 5.54 Å². The average molecular weight is 391 g/mol. The van der Waals surface area contributed by atoms with Crippen LogP contribution < -0.4 is 16.0 Å². The summed E-state index contributed by atoms with van der Waals surface area (Å²) in [6.45, 7) is 9.84. The molecule has 156 valence electrons. The van der Waals surface area contributed by atoms with E-state index in [1.807, 2.05) is 6.92 Å². The number of piperidine rings is 1. The molecular formula is C20H34N6O2. The van der Waals surface area contributed by atoms with Crippen LogP contribution in [0.2, 0.25) is 0 Å². The van der Waals surface area contributed by atoms with Gasteiger partial charge < -0.3 is 20.4 Å². The van der Waals surface area contributed by atoms with Crippen LogP contribution in [0.25, 0.3) is 0 Å². The van der Waals surface area contributed by atoms with Crippen molar-refractivity contribution in [3.8, 4) is 0 Å². The van der Waals surface area contributed by atoms with Crippen molar-refractivity contribution in [3.63, 3.8) is 0 Å². The molecule has 8 heteroatoms. The van der Waals surface area contributed by atoms with Gasteiger partial charge in [0.1, 0.15) is 5.54 Å². The number of urea groups is 1. The van der Waals surface area contributed by atoms with Gasteiger partial charge in [-0.15, -0.1) is 0 Å². The summed E-state index contributed by atoms with van der Waals surface area (Å²) < 4.78 is 0. The Labute approximate surface area is 167 Å². The molecular weight excluding hydrogens is 356 g/mol. The molecule has 3 saturated heterocycles. The zero-order valence-electron chi connectivity index (χ0n) is 17.2. The molecule has 3 heterocycles. The van der Waals surface area contributed by atoms with Gasteiger partial charge in [0.25, 0.3) is 5.91 Å². The first-order chi connectivity index (χ1) is 13.5. The van der Waals surface area contributed by atoms with Crippen molar-refractivity contribution in [3.05, 3.63) is 0 Å². The molecule has 4 aliphatic rings. The number of aliphatic imine (C=N–C) groups is 1. The summed E-state index contributed by atoms with van der Waals surface area (Å²) in [7, 11) is 0. The highest BCUT2D eigenvalue weighted by Gasteiger charge is 2.48. The van der Waals surface area contributed by atoms with Crippen molar-refractivity contribution in [2.24, 2.45) is 16.8 Å². The van der Waals surface area contributed by atoms with Crippen LogP contribution in [0.1, 0.15) is 46.0 Å². The zero-order valence-corrected chi connectivity index (χ0v) is 17.2. The van der Waals surface area contributed by atoms with Crippen LogP contribution >= 0.6 is 0 Å². The van der Waals surface area contributed by atoms with Crippen molar-refractivity contribution >= 4 is 17.9 Å². The fourth-order valence-corrected chi connectivity index (χ4v) is 4.94. The quantitative estimate of drug-likeness (QED) is 0.366. The second-order valence-corrected chi connectivity index (χ2v) is 8.95. The standard InChI is InChI=1S/C20H34N6O2/c1-3-21-18(22-12-14-6-9-26(13-14)16-4-5-16)25-10-7-15(8-11-25)20(2)17(27)23-19(28)24-20/h14-16H,3-13H2,1-2H3,(H,21,22)(H2,23,24,27,28). The third-order valence-electron chi connectivity index (χ3n) is 6.90. The Hall–Kier alpha value is -1.83. The lowest BCUT2D eigenvalue weighted by Crippen LogP contribution is -2.55. The van der Waals surface area contributed by atoms with Crippen LogP contribution in [0.5, 0.6) is 0 Å². The molecule has 4 fully saturated rings. The lowest BCUT2D eigenvalue weighted by Gasteiger charge is -2.39. The third-order valence-corrected chi connectivity index (χ3v) is 6.90. The molecule has 3 amide bonds. The molecule has 0 radical (unpaired) electrons. The number of hydrogen-bond donors (Lipinski definition) is 3. The smallest absolute Gasteiger partial charge is 0.322 e. The minimum atomic E-state index is -0.783. The number of amides is 3. The molecule has 2 atom stereocenters. The number of carbonyl (C=O) groups excluding carboxylic acids is 2. The fourth-order valence-electron chi connectivity index (χ4n) is 4.94. The summed E-state index contributed by atoms with van der Waals surface area (Å²) in [5.74, 6) is 1.62. The Balaban J connectivity index is 1.32. The molecule has 0 spiro atoms. The van der Waals surface area contributed by atoms with Crippen molar-refractivity contribution < 1.29 is 9.59 Å². The van der Waals surface area contributed by atoms with E-state index in [9.17, 15) is 9.59 Å². The van der Waals surface area contributed by atoms with Crippen LogP contribution in [0.4, 0.5) is 4.79 Å². The molecule has 3 aliphatic heterocycles. The Morgan fingerprint density at radius 2 is 1.93 bits per heavy atom. The Morgan fingerprint density at radius 3 is 2.54 bits per heavy atom. The van der Waals surface area contributed by atoms with Gasteiger partial charge in [0.05, 0.1) is 0 Å². The van der Waals surface area contributed by atoms with Gasteiger partial charge in [-0.3, -0.25) is 15.1 Å². The van der Waals surface area contributed by atoms with E-state index in [4.69, 9.17) is 4.99 Å². The van der Waals surface area contributed by atoms with Gasteiger partial charge in [0.2, 0.25) is 0 Å². The molecule has 28 heavy (non-hydrogen) atoms. The number of imide groups is 1. The topological polar surface area (TPSA) is 89.1 Å². The third kappa shape index (κ3) is 3.97. The van der Waals surface area contributed by atoms with Crippen molar-refractivity contribution in [2.75, 3.05) is 39.3 Å². The van der Waals surface area contributed by atoms with Crippen LogP contribution in [0, 0.1) is 11.8 Å². The number of hydrogen-bond acceptors (Lipinski definition) is 4. The number of likely N-dealkylation sites (tertiary alicyclic amines) is 2. The maximum Gasteiger partial charge on any atom is 0.322 e. The predicted molar refractivity (Wildman–Crippen MR) is 108 cm³/mol.